The van der Waals surface area contributed by atoms with Crippen LogP contribution in [0.2, 0.25) is 0 Å². The van der Waals surface area contributed by atoms with E-state index < -0.39 is 12.4 Å². The molecule has 0 heterocycles. The third kappa shape index (κ3) is 3.16. The van der Waals surface area contributed by atoms with Gasteiger partial charge in [-0.2, -0.15) is 0 Å². The van der Waals surface area contributed by atoms with Crippen molar-refractivity contribution in [3.8, 4) is 0 Å². The molecule has 82 valence electrons. The smallest absolute Gasteiger partial charge is 0.180 e. The molecule has 0 fully saturated rings. The Morgan fingerprint density at radius 2 is 2.07 bits per heavy atom. The highest BCUT2D eigenvalue weighted by Gasteiger charge is 2.16. The molecule has 0 saturated carbocycles. The fourth-order valence-corrected chi connectivity index (χ4v) is 1.40. The van der Waals surface area contributed by atoms with Crippen molar-refractivity contribution in [1.29, 1.82) is 0 Å². The first-order valence-corrected chi connectivity index (χ1v) is 4.78. The third-order valence-electron chi connectivity index (χ3n) is 2.27. The molecule has 2 unspecified atom stereocenters. The average molecular weight is 208 g/mol. The van der Waals surface area contributed by atoms with Crippen LogP contribution >= 0.6 is 0 Å². The van der Waals surface area contributed by atoms with E-state index in [2.05, 4.69) is 11.3 Å². The Labute approximate surface area is 89.6 Å². The zero-order chi connectivity index (χ0) is 11.3. The lowest BCUT2D eigenvalue weighted by Gasteiger charge is -2.17. The summed E-state index contributed by atoms with van der Waals surface area (Å²) in [6.07, 6.45) is -0.00250. The van der Waals surface area contributed by atoms with Gasteiger partial charge in [0, 0.05) is 13.5 Å². The fourth-order valence-electron chi connectivity index (χ4n) is 1.40. The van der Waals surface area contributed by atoms with E-state index in [-0.39, 0.29) is 0 Å². The molecule has 0 bridgehead atoms. The first-order valence-electron chi connectivity index (χ1n) is 4.78. The number of benzene rings is 1. The molecule has 3 nitrogen and oxygen atoms in total. The van der Waals surface area contributed by atoms with Gasteiger partial charge in [-0.15, -0.1) is 0 Å². The van der Waals surface area contributed by atoms with Gasteiger partial charge in [0.1, 0.15) is 6.10 Å². The van der Waals surface area contributed by atoms with Gasteiger partial charge < -0.3 is 14.9 Å². The summed E-state index contributed by atoms with van der Waals surface area (Å²) in [5.41, 5.74) is 1.90. The summed E-state index contributed by atoms with van der Waals surface area (Å²) >= 11 is 0. The first-order chi connectivity index (χ1) is 7.19. The largest absolute Gasteiger partial charge is 0.387 e. The molecule has 2 N–H and O–H groups in total. The molecule has 15 heavy (non-hydrogen) atoms. The molecule has 0 aromatic heterocycles. The van der Waals surface area contributed by atoms with E-state index >= 15 is 0 Å². The van der Waals surface area contributed by atoms with E-state index in [0.29, 0.717) is 6.42 Å². The number of rotatable bonds is 5. The van der Waals surface area contributed by atoms with Gasteiger partial charge in [0.2, 0.25) is 0 Å². The Hall–Kier alpha value is -1.16. The van der Waals surface area contributed by atoms with Gasteiger partial charge >= 0.3 is 0 Å². The summed E-state index contributed by atoms with van der Waals surface area (Å²) in [6.45, 7) is 3.69. The normalized spacial score (nSPS) is 14.6. The van der Waals surface area contributed by atoms with Gasteiger partial charge in [-0.05, 0) is 11.1 Å². The first kappa shape index (κ1) is 11.9. The molecule has 0 aliphatic rings. The third-order valence-corrected chi connectivity index (χ3v) is 2.27. The summed E-state index contributed by atoms with van der Waals surface area (Å²) in [4.78, 5) is 0. The molecule has 0 amide bonds. The second-order valence-corrected chi connectivity index (χ2v) is 3.30. The number of hydrogen-bond acceptors (Lipinski definition) is 3. The van der Waals surface area contributed by atoms with Crippen LogP contribution in [0.1, 0.15) is 11.1 Å². The monoisotopic (exact) mass is 208 g/mol. The summed E-state index contributed by atoms with van der Waals surface area (Å²) in [5, 5.41) is 18.8. The molecule has 0 radical (unpaired) electrons. The van der Waals surface area contributed by atoms with E-state index in [1.165, 1.54) is 7.11 Å². The highest BCUT2D eigenvalue weighted by Crippen LogP contribution is 2.13. The lowest BCUT2D eigenvalue weighted by Crippen LogP contribution is -2.29. The van der Waals surface area contributed by atoms with Crippen LogP contribution in [0.5, 0.6) is 0 Å². The van der Waals surface area contributed by atoms with Crippen molar-refractivity contribution in [2.45, 2.75) is 18.8 Å². The molecule has 0 aliphatic heterocycles. The molecule has 3 heteroatoms. The van der Waals surface area contributed by atoms with E-state index in [1.807, 2.05) is 24.3 Å². The second-order valence-electron chi connectivity index (χ2n) is 3.30. The zero-order valence-corrected chi connectivity index (χ0v) is 8.76. The minimum absolute atomic E-state index is 0.344. The summed E-state index contributed by atoms with van der Waals surface area (Å²) in [7, 11) is 1.35. The topological polar surface area (TPSA) is 49.7 Å². The maximum Gasteiger partial charge on any atom is 0.180 e. The van der Waals surface area contributed by atoms with E-state index in [4.69, 9.17) is 0 Å². The molecule has 0 aliphatic carbocycles. The number of ether oxygens (including phenoxy) is 1. The van der Waals surface area contributed by atoms with Crippen molar-refractivity contribution in [2.24, 2.45) is 0 Å². The molecule has 0 saturated heterocycles. The maximum atomic E-state index is 9.58. The van der Waals surface area contributed by atoms with Crippen molar-refractivity contribution in [1.82, 2.24) is 0 Å². The summed E-state index contributed by atoms with van der Waals surface area (Å²) in [6, 6.07) is 7.59. The van der Waals surface area contributed by atoms with Gasteiger partial charge in [0.15, 0.2) is 6.29 Å². The van der Waals surface area contributed by atoms with Gasteiger partial charge in [-0.1, -0.05) is 36.9 Å². The Kier molecular flexibility index (Phi) is 4.49. The number of aliphatic hydroxyl groups is 2. The van der Waals surface area contributed by atoms with Crippen LogP contribution in [0.25, 0.3) is 6.08 Å². The molecule has 2 atom stereocenters. The number of methoxy groups -OCH3 is 1. The molecular formula is C12H16O3. The van der Waals surface area contributed by atoms with Gasteiger partial charge in [-0.3, -0.25) is 0 Å². The lowest BCUT2D eigenvalue weighted by atomic mass is 10.0. The molecular weight excluding hydrogens is 192 g/mol. The van der Waals surface area contributed by atoms with Crippen LogP contribution in [-0.2, 0) is 11.2 Å². The van der Waals surface area contributed by atoms with Gasteiger partial charge in [-0.25, -0.2) is 0 Å². The van der Waals surface area contributed by atoms with Crippen LogP contribution in [0.4, 0.5) is 0 Å². The van der Waals surface area contributed by atoms with Crippen LogP contribution < -0.4 is 0 Å². The van der Waals surface area contributed by atoms with Crippen LogP contribution in [0, 0.1) is 0 Å². The van der Waals surface area contributed by atoms with E-state index in [9.17, 15) is 10.2 Å². The second kappa shape index (κ2) is 5.66. The zero-order valence-electron chi connectivity index (χ0n) is 8.76. The predicted molar refractivity (Wildman–Crippen MR) is 59.3 cm³/mol. The van der Waals surface area contributed by atoms with Crippen LogP contribution in [0.15, 0.2) is 30.8 Å². The highest BCUT2D eigenvalue weighted by atomic mass is 16.6. The predicted octanol–water partition coefficient (Wildman–Crippen LogP) is 1.20. The van der Waals surface area contributed by atoms with Crippen molar-refractivity contribution < 1.29 is 14.9 Å². The molecule has 1 aromatic carbocycles. The van der Waals surface area contributed by atoms with Gasteiger partial charge in [0.25, 0.3) is 0 Å². The Bertz CT molecular complexity index is 322. The average Bonchev–Trinajstić information content (AvgIpc) is 2.28. The van der Waals surface area contributed by atoms with Crippen LogP contribution in [-0.4, -0.2) is 29.7 Å². The van der Waals surface area contributed by atoms with Crippen LogP contribution in [0.3, 0.4) is 0 Å². The fraction of sp³-hybridized carbons (Fsp3) is 0.333. The Morgan fingerprint density at radius 1 is 1.40 bits per heavy atom. The molecule has 0 spiro atoms. The molecule has 1 rings (SSSR count). The van der Waals surface area contributed by atoms with Crippen molar-refractivity contribution >= 4 is 6.08 Å². The van der Waals surface area contributed by atoms with Crippen molar-refractivity contribution in [2.75, 3.05) is 7.11 Å². The van der Waals surface area contributed by atoms with Crippen molar-refractivity contribution in [3.05, 3.63) is 42.0 Å². The Morgan fingerprint density at radius 3 is 2.67 bits per heavy atom. The SMILES string of the molecule is C=Cc1ccccc1CC(O)C(O)OC. The standard InChI is InChI=1S/C12H16O3/c1-3-9-6-4-5-7-10(9)8-11(13)12(14)15-2/h3-7,11-14H,1,8H2,2H3. The van der Waals surface area contributed by atoms with Crippen molar-refractivity contribution in [3.63, 3.8) is 0 Å². The summed E-state index contributed by atoms with van der Waals surface area (Å²) in [5.74, 6) is 0. The number of aliphatic hydroxyl groups excluding tert-OH is 2. The maximum absolute atomic E-state index is 9.58. The highest BCUT2D eigenvalue weighted by molar-refractivity contribution is 5.51. The van der Waals surface area contributed by atoms with Gasteiger partial charge in [0.05, 0.1) is 0 Å². The minimum atomic E-state index is -1.15. The molecule has 1 aromatic rings. The quantitative estimate of drug-likeness (QED) is 0.715. The summed E-state index contributed by atoms with van der Waals surface area (Å²) < 4.78 is 4.64. The minimum Gasteiger partial charge on any atom is -0.387 e. The van der Waals surface area contributed by atoms with E-state index in [0.717, 1.165) is 11.1 Å². The lowest BCUT2D eigenvalue weighted by molar-refractivity contribution is -0.143. The van der Waals surface area contributed by atoms with E-state index in [1.54, 1.807) is 6.08 Å². The number of hydrogen-bond donors (Lipinski definition) is 2. The Balaban J connectivity index is 2.75.